The van der Waals surface area contributed by atoms with E-state index in [9.17, 15) is 5.11 Å². The summed E-state index contributed by atoms with van der Waals surface area (Å²) in [4.78, 5) is 4.13. The first-order chi connectivity index (χ1) is 10.2. The van der Waals surface area contributed by atoms with Crippen LogP contribution in [0.1, 0.15) is 64.2 Å². The number of aromatic nitrogens is 2. The summed E-state index contributed by atoms with van der Waals surface area (Å²) in [5.41, 5.74) is 1.76. The summed E-state index contributed by atoms with van der Waals surface area (Å²) in [6, 6.07) is 3.71. The smallest absolute Gasteiger partial charge is 0.0995 e. The highest BCUT2D eigenvalue weighted by molar-refractivity contribution is 6.31. The van der Waals surface area contributed by atoms with Crippen molar-refractivity contribution in [3.05, 3.63) is 35.4 Å². The normalized spacial score (nSPS) is 13.2. The first-order valence-electron chi connectivity index (χ1n) is 7.95. The van der Waals surface area contributed by atoms with Gasteiger partial charge in [0.15, 0.2) is 0 Å². The Morgan fingerprint density at radius 3 is 2.52 bits per heavy atom. The highest BCUT2D eigenvalue weighted by Gasteiger charge is 2.15. The van der Waals surface area contributed by atoms with E-state index in [-0.39, 0.29) is 0 Å². The van der Waals surface area contributed by atoms with E-state index in [0.717, 1.165) is 24.1 Å². The van der Waals surface area contributed by atoms with Gasteiger partial charge in [-0.3, -0.25) is 0 Å². The number of aliphatic hydroxyl groups excluding tert-OH is 1. The van der Waals surface area contributed by atoms with Crippen LogP contribution in [0.25, 0.3) is 5.52 Å². The molecule has 2 heterocycles. The number of aliphatic hydroxyl groups is 1. The minimum absolute atomic E-state index is 0.489. The second-order valence-electron chi connectivity index (χ2n) is 5.82. The van der Waals surface area contributed by atoms with Crippen LogP contribution in [0.5, 0.6) is 0 Å². The molecule has 1 atom stereocenters. The van der Waals surface area contributed by atoms with Gasteiger partial charge in [-0.2, -0.15) is 0 Å². The highest BCUT2D eigenvalue weighted by atomic mass is 35.5. The Balaban J connectivity index is 2.07. The standard InChI is InChI=1S/C17H25ClN2O/c1-3-5-13(6-4-2)7-8-17(21)16-10-14(18)9-15-11-19-12-20(15)16/h9-13,17,21H,3-8H2,1-2H3. The SMILES string of the molecule is CCCC(CCC)CCC(O)c1cc(Cl)cc2cncn12. The maximum absolute atomic E-state index is 10.5. The van der Waals surface area contributed by atoms with Crippen molar-refractivity contribution in [1.82, 2.24) is 9.38 Å². The van der Waals surface area contributed by atoms with Gasteiger partial charge >= 0.3 is 0 Å². The molecule has 0 aliphatic rings. The molecule has 1 N–H and O–H groups in total. The molecular weight excluding hydrogens is 284 g/mol. The van der Waals surface area contributed by atoms with Crippen molar-refractivity contribution in [2.75, 3.05) is 0 Å². The lowest BCUT2D eigenvalue weighted by molar-refractivity contribution is 0.148. The van der Waals surface area contributed by atoms with E-state index < -0.39 is 6.10 Å². The monoisotopic (exact) mass is 308 g/mol. The largest absolute Gasteiger partial charge is 0.387 e. The molecule has 0 aliphatic carbocycles. The Morgan fingerprint density at radius 1 is 1.14 bits per heavy atom. The molecule has 0 spiro atoms. The molecule has 0 aliphatic heterocycles. The van der Waals surface area contributed by atoms with Crippen molar-refractivity contribution in [1.29, 1.82) is 0 Å². The molecule has 0 bridgehead atoms. The minimum Gasteiger partial charge on any atom is -0.387 e. The van der Waals surface area contributed by atoms with Crippen LogP contribution < -0.4 is 0 Å². The van der Waals surface area contributed by atoms with Crippen LogP contribution in [-0.2, 0) is 0 Å². The Hall–Kier alpha value is -1.06. The maximum atomic E-state index is 10.5. The number of imidazole rings is 1. The van der Waals surface area contributed by atoms with Crippen molar-refractivity contribution in [3.8, 4) is 0 Å². The molecule has 3 nitrogen and oxygen atoms in total. The van der Waals surface area contributed by atoms with Crippen molar-refractivity contribution >= 4 is 17.1 Å². The van der Waals surface area contributed by atoms with Gasteiger partial charge in [-0.15, -0.1) is 0 Å². The van der Waals surface area contributed by atoms with Gasteiger partial charge in [0.1, 0.15) is 0 Å². The Kier molecular flexibility index (Phi) is 6.07. The van der Waals surface area contributed by atoms with Gasteiger partial charge in [0, 0.05) is 5.02 Å². The summed E-state index contributed by atoms with van der Waals surface area (Å²) < 4.78 is 1.92. The van der Waals surface area contributed by atoms with E-state index >= 15 is 0 Å². The van der Waals surface area contributed by atoms with Gasteiger partial charge in [-0.25, -0.2) is 4.98 Å². The zero-order valence-electron chi connectivity index (χ0n) is 12.9. The third kappa shape index (κ3) is 4.21. The molecule has 4 heteroatoms. The lowest BCUT2D eigenvalue weighted by atomic mass is 9.91. The lowest BCUT2D eigenvalue weighted by Crippen LogP contribution is -2.08. The molecule has 0 fully saturated rings. The zero-order valence-corrected chi connectivity index (χ0v) is 13.7. The van der Waals surface area contributed by atoms with E-state index in [1.54, 1.807) is 12.5 Å². The van der Waals surface area contributed by atoms with Gasteiger partial charge < -0.3 is 9.51 Å². The van der Waals surface area contributed by atoms with Crippen molar-refractivity contribution < 1.29 is 5.11 Å². The zero-order chi connectivity index (χ0) is 15.2. The summed E-state index contributed by atoms with van der Waals surface area (Å²) in [5, 5.41) is 11.2. The van der Waals surface area contributed by atoms with Crippen LogP contribution in [0.15, 0.2) is 24.7 Å². The van der Waals surface area contributed by atoms with Crippen molar-refractivity contribution in [2.24, 2.45) is 5.92 Å². The van der Waals surface area contributed by atoms with Crippen LogP contribution >= 0.6 is 11.6 Å². The lowest BCUT2D eigenvalue weighted by Gasteiger charge is -2.19. The molecule has 0 aromatic carbocycles. The van der Waals surface area contributed by atoms with E-state index in [1.165, 1.54) is 25.7 Å². The summed E-state index contributed by atoms with van der Waals surface area (Å²) >= 11 is 6.13. The molecule has 1 unspecified atom stereocenters. The highest BCUT2D eigenvalue weighted by Crippen LogP contribution is 2.28. The molecule has 0 amide bonds. The predicted molar refractivity (Wildman–Crippen MR) is 87.7 cm³/mol. The predicted octanol–water partition coefficient (Wildman–Crippen LogP) is 5.02. The van der Waals surface area contributed by atoms with Gasteiger partial charge in [-0.05, 0) is 30.9 Å². The number of pyridine rings is 1. The van der Waals surface area contributed by atoms with Crippen LogP contribution in [-0.4, -0.2) is 14.5 Å². The third-order valence-electron chi connectivity index (χ3n) is 4.10. The summed E-state index contributed by atoms with van der Waals surface area (Å²) in [6.07, 6.45) is 9.76. The molecule has 0 saturated heterocycles. The Morgan fingerprint density at radius 2 is 1.86 bits per heavy atom. The first-order valence-corrected chi connectivity index (χ1v) is 8.33. The minimum atomic E-state index is -0.489. The number of hydrogen-bond acceptors (Lipinski definition) is 2. The van der Waals surface area contributed by atoms with Gasteiger partial charge in [0.05, 0.1) is 29.8 Å². The fraction of sp³-hybridized carbons (Fsp3) is 0.588. The number of fused-ring (bicyclic) bond motifs is 1. The molecular formula is C17H25ClN2O. The van der Waals surface area contributed by atoms with Gasteiger partial charge in [-0.1, -0.05) is 51.1 Å². The van der Waals surface area contributed by atoms with Gasteiger partial charge in [0.25, 0.3) is 0 Å². The Bertz CT molecular complexity index is 561. The summed E-state index contributed by atoms with van der Waals surface area (Å²) in [6.45, 7) is 4.45. The average Bonchev–Trinajstić information content (AvgIpc) is 2.92. The molecule has 21 heavy (non-hydrogen) atoms. The fourth-order valence-electron chi connectivity index (χ4n) is 3.07. The molecule has 2 aromatic heterocycles. The van der Waals surface area contributed by atoms with Gasteiger partial charge in [0.2, 0.25) is 0 Å². The molecule has 0 radical (unpaired) electrons. The Labute approximate surface area is 132 Å². The van der Waals surface area contributed by atoms with Crippen molar-refractivity contribution in [3.63, 3.8) is 0 Å². The second kappa shape index (κ2) is 7.81. The molecule has 2 aromatic rings. The van der Waals surface area contributed by atoms with Crippen LogP contribution in [0.4, 0.5) is 0 Å². The number of rotatable bonds is 8. The van der Waals surface area contributed by atoms with Crippen LogP contribution in [0.3, 0.4) is 0 Å². The average molecular weight is 309 g/mol. The summed E-state index contributed by atoms with van der Waals surface area (Å²) in [7, 11) is 0. The number of hydrogen-bond donors (Lipinski definition) is 1. The fourth-order valence-corrected chi connectivity index (χ4v) is 3.29. The number of nitrogens with zero attached hydrogens (tertiary/aromatic N) is 2. The first kappa shape index (κ1) is 16.3. The molecule has 0 saturated carbocycles. The quantitative estimate of drug-likeness (QED) is 0.743. The van der Waals surface area contributed by atoms with E-state index in [2.05, 4.69) is 18.8 Å². The molecule has 116 valence electrons. The second-order valence-corrected chi connectivity index (χ2v) is 6.26. The van der Waals surface area contributed by atoms with Crippen LogP contribution in [0.2, 0.25) is 5.02 Å². The topological polar surface area (TPSA) is 37.5 Å². The van der Waals surface area contributed by atoms with Crippen LogP contribution in [0, 0.1) is 5.92 Å². The third-order valence-corrected chi connectivity index (χ3v) is 4.32. The van der Waals surface area contributed by atoms with E-state index in [1.807, 2.05) is 16.5 Å². The molecule has 2 rings (SSSR count). The van der Waals surface area contributed by atoms with E-state index in [0.29, 0.717) is 10.9 Å². The number of halogens is 1. The van der Waals surface area contributed by atoms with Crippen molar-refractivity contribution in [2.45, 2.75) is 58.5 Å². The summed E-state index contributed by atoms with van der Waals surface area (Å²) in [5.74, 6) is 0.715. The van der Waals surface area contributed by atoms with E-state index in [4.69, 9.17) is 11.6 Å². The maximum Gasteiger partial charge on any atom is 0.0995 e.